The number of halogens is 1. The predicted molar refractivity (Wildman–Crippen MR) is 70.4 cm³/mol. The van der Waals surface area contributed by atoms with E-state index in [0.29, 0.717) is 0 Å². The average Bonchev–Trinajstić information content (AvgIpc) is 2.32. The zero-order chi connectivity index (χ0) is 11.5. The molecule has 2 rings (SSSR count). The zero-order valence-electron chi connectivity index (χ0n) is 9.54. The standard InChI is InChI=1S/C14H17BrO/c1-10-7-8-13(15)12(9-10)14(16)11-5-3-2-4-6-11/h5,7-9,14,16H,2-4,6H2,1H3. The summed E-state index contributed by atoms with van der Waals surface area (Å²) in [5.41, 5.74) is 3.36. The maximum Gasteiger partial charge on any atom is 0.101 e. The van der Waals surface area contributed by atoms with Gasteiger partial charge < -0.3 is 5.11 Å². The second kappa shape index (κ2) is 5.15. The molecule has 1 unspecified atom stereocenters. The Labute approximate surface area is 105 Å². The summed E-state index contributed by atoms with van der Waals surface area (Å²) < 4.78 is 0.997. The van der Waals surface area contributed by atoms with E-state index in [2.05, 4.69) is 41.1 Å². The van der Waals surface area contributed by atoms with Crippen molar-refractivity contribution in [2.75, 3.05) is 0 Å². The first kappa shape index (κ1) is 11.9. The van der Waals surface area contributed by atoms with Crippen molar-refractivity contribution >= 4 is 15.9 Å². The summed E-state index contributed by atoms with van der Waals surface area (Å²) >= 11 is 3.51. The van der Waals surface area contributed by atoms with Gasteiger partial charge in [-0.2, -0.15) is 0 Å². The summed E-state index contributed by atoms with van der Waals surface area (Å²) in [4.78, 5) is 0. The number of aryl methyl sites for hydroxylation is 1. The van der Waals surface area contributed by atoms with E-state index in [1.165, 1.54) is 24.0 Å². The summed E-state index contributed by atoms with van der Waals surface area (Å²) in [7, 11) is 0. The van der Waals surface area contributed by atoms with Crippen LogP contribution in [0.4, 0.5) is 0 Å². The number of hydrogen-bond acceptors (Lipinski definition) is 1. The van der Waals surface area contributed by atoms with Crippen molar-refractivity contribution in [1.82, 2.24) is 0 Å². The van der Waals surface area contributed by atoms with Crippen molar-refractivity contribution in [3.8, 4) is 0 Å². The first-order valence-corrected chi connectivity index (χ1v) is 6.61. The lowest BCUT2D eigenvalue weighted by atomic mass is 9.91. The third-order valence-electron chi connectivity index (χ3n) is 3.12. The molecule has 0 aliphatic heterocycles. The minimum Gasteiger partial charge on any atom is -0.384 e. The van der Waals surface area contributed by atoms with Crippen LogP contribution in [0.3, 0.4) is 0 Å². The van der Waals surface area contributed by atoms with E-state index in [9.17, 15) is 5.11 Å². The lowest BCUT2D eigenvalue weighted by Gasteiger charge is -2.20. The molecule has 16 heavy (non-hydrogen) atoms. The van der Waals surface area contributed by atoms with Gasteiger partial charge in [0.25, 0.3) is 0 Å². The summed E-state index contributed by atoms with van der Waals surface area (Å²) in [6.07, 6.45) is 6.35. The SMILES string of the molecule is Cc1ccc(Br)c(C(O)C2=CCCCC2)c1. The molecule has 1 aliphatic carbocycles. The Balaban J connectivity index is 2.29. The van der Waals surface area contributed by atoms with Gasteiger partial charge in [-0.1, -0.05) is 39.7 Å². The van der Waals surface area contributed by atoms with E-state index < -0.39 is 6.10 Å². The third-order valence-corrected chi connectivity index (χ3v) is 3.85. The molecule has 0 heterocycles. The fourth-order valence-electron chi connectivity index (χ4n) is 2.18. The van der Waals surface area contributed by atoms with Crippen molar-refractivity contribution in [3.05, 3.63) is 45.4 Å². The molecular formula is C14H17BrO. The monoisotopic (exact) mass is 280 g/mol. The van der Waals surface area contributed by atoms with Gasteiger partial charge in [0.1, 0.15) is 6.10 Å². The maximum absolute atomic E-state index is 10.4. The van der Waals surface area contributed by atoms with Crippen LogP contribution >= 0.6 is 15.9 Å². The van der Waals surface area contributed by atoms with Crippen molar-refractivity contribution in [1.29, 1.82) is 0 Å². The Morgan fingerprint density at radius 2 is 2.12 bits per heavy atom. The van der Waals surface area contributed by atoms with Gasteiger partial charge >= 0.3 is 0 Å². The molecule has 1 atom stereocenters. The molecule has 0 bridgehead atoms. The number of aliphatic hydroxyl groups excluding tert-OH is 1. The first-order chi connectivity index (χ1) is 7.68. The van der Waals surface area contributed by atoms with E-state index in [4.69, 9.17) is 0 Å². The smallest absolute Gasteiger partial charge is 0.101 e. The van der Waals surface area contributed by atoms with Crippen LogP contribution in [-0.4, -0.2) is 5.11 Å². The first-order valence-electron chi connectivity index (χ1n) is 5.81. The van der Waals surface area contributed by atoms with Gasteiger partial charge in [-0.3, -0.25) is 0 Å². The van der Waals surface area contributed by atoms with Gasteiger partial charge in [-0.05, 0) is 49.8 Å². The van der Waals surface area contributed by atoms with E-state index in [1.54, 1.807) is 0 Å². The highest BCUT2D eigenvalue weighted by Crippen LogP contribution is 2.33. The highest BCUT2D eigenvalue weighted by Gasteiger charge is 2.17. The quantitative estimate of drug-likeness (QED) is 0.802. The van der Waals surface area contributed by atoms with Crippen molar-refractivity contribution in [2.45, 2.75) is 38.7 Å². The summed E-state index contributed by atoms with van der Waals surface area (Å²) in [5, 5.41) is 10.4. The summed E-state index contributed by atoms with van der Waals surface area (Å²) in [6, 6.07) is 6.12. The molecular weight excluding hydrogens is 264 g/mol. The molecule has 0 amide bonds. The molecule has 0 aromatic heterocycles. The normalized spacial score (nSPS) is 18.1. The molecule has 86 valence electrons. The molecule has 0 saturated heterocycles. The fourth-order valence-corrected chi connectivity index (χ4v) is 2.65. The Morgan fingerprint density at radius 1 is 1.31 bits per heavy atom. The number of rotatable bonds is 2. The van der Waals surface area contributed by atoms with Crippen LogP contribution in [0.25, 0.3) is 0 Å². The molecule has 1 nitrogen and oxygen atoms in total. The highest BCUT2D eigenvalue weighted by atomic mass is 79.9. The minimum atomic E-state index is -0.436. The van der Waals surface area contributed by atoms with Crippen LogP contribution in [0.5, 0.6) is 0 Å². The highest BCUT2D eigenvalue weighted by molar-refractivity contribution is 9.10. The Hall–Kier alpha value is -0.600. The van der Waals surface area contributed by atoms with Gasteiger partial charge in [0, 0.05) is 4.47 Å². The van der Waals surface area contributed by atoms with Crippen LogP contribution in [0.2, 0.25) is 0 Å². The van der Waals surface area contributed by atoms with Crippen molar-refractivity contribution in [3.63, 3.8) is 0 Å². The Morgan fingerprint density at radius 3 is 2.81 bits per heavy atom. The number of hydrogen-bond donors (Lipinski definition) is 1. The maximum atomic E-state index is 10.4. The van der Waals surface area contributed by atoms with Crippen LogP contribution in [0.1, 0.15) is 42.9 Å². The molecule has 1 aromatic rings. The summed E-state index contributed by atoms with van der Waals surface area (Å²) in [5.74, 6) is 0. The number of aliphatic hydroxyl groups is 1. The lowest BCUT2D eigenvalue weighted by Crippen LogP contribution is -2.05. The molecule has 1 aliphatic rings. The van der Waals surface area contributed by atoms with E-state index in [1.807, 2.05) is 6.07 Å². The molecule has 2 heteroatoms. The van der Waals surface area contributed by atoms with E-state index >= 15 is 0 Å². The van der Waals surface area contributed by atoms with Crippen LogP contribution in [-0.2, 0) is 0 Å². The zero-order valence-corrected chi connectivity index (χ0v) is 11.1. The predicted octanol–water partition coefficient (Wildman–Crippen LogP) is 4.29. The van der Waals surface area contributed by atoms with Crippen molar-refractivity contribution < 1.29 is 5.11 Å². The molecule has 0 spiro atoms. The molecule has 0 fully saturated rings. The average molecular weight is 281 g/mol. The van der Waals surface area contributed by atoms with Crippen molar-refractivity contribution in [2.24, 2.45) is 0 Å². The second-order valence-electron chi connectivity index (χ2n) is 4.45. The van der Waals surface area contributed by atoms with E-state index in [0.717, 1.165) is 22.9 Å². The second-order valence-corrected chi connectivity index (χ2v) is 5.31. The molecule has 0 radical (unpaired) electrons. The van der Waals surface area contributed by atoms with Gasteiger partial charge in [0.2, 0.25) is 0 Å². The Kier molecular flexibility index (Phi) is 3.82. The third kappa shape index (κ3) is 2.55. The molecule has 1 N–H and O–H groups in total. The number of allylic oxidation sites excluding steroid dienone is 1. The van der Waals surface area contributed by atoms with Gasteiger partial charge in [-0.15, -0.1) is 0 Å². The van der Waals surface area contributed by atoms with Crippen LogP contribution < -0.4 is 0 Å². The van der Waals surface area contributed by atoms with Gasteiger partial charge in [-0.25, -0.2) is 0 Å². The largest absolute Gasteiger partial charge is 0.384 e. The molecule has 1 aromatic carbocycles. The lowest BCUT2D eigenvalue weighted by molar-refractivity contribution is 0.207. The fraction of sp³-hybridized carbons (Fsp3) is 0.429. The van der Waals surface area contributed by atoms with Gasteiger partial charge in [0.05, 0.1) is 0 Å². The number of benzene rings is 1. The minimum absolute atomic E-state index is 0.436. The topological polar surface area (TPSA) is 20.2 Å². The summed E-state index contributed by atoms with van der Waals surface area (Å²) in [6.45, 7) is 2.05. The van der Waals surface area contributed by atoms with Gasteiger partial charge in [0.15, 0.2) is 0 Å². The Bertz CT molecular complexity index is 409. The van der Waals surface area contributed by atoms with E-state index in [-0.39, 0.29) is 0 Å². The van der Waals surface area contributed by atoms with Crippen LogP contribution in [0.15, 0.2) is 34.3 Å². The van der Waals surface area contributed by atoms with Crippen LogP contribution in [0, 0.1) is 6.92 Å². The molecule has 0 saturated carbocycles.